The van der Waals surface area contributed by atoms with Crippen molar-refractivity contribution in [1.82, 2.24) is 0 Å². The summed E-state index contributed by atoms with van der Waals surface area (Å²) in [6, 6.07) is 5.82. The predicted molar refractivity (Wildman–Crippen MR) is 41.8 cm³/mol. The van der Waals surface area contributed by atoms with E-state index in [0.29, 0.717) is 5.02 Å². The molecule has 1 aromatic rings. The first-order valence-electron chi connectivity index (χ1n) is 2.20. The summed E-state index contributed by atoms with van der Waals surface area (Å²) in [7, 11) is 0. The molecule has 9 heavy (non-hydrogen) atoms. The zero-order valence-corrected chi connectivity index (χ0v) is 6.32. The Labute approximate surface area is 65.1 Å². The van der Waals surface area contributed by atoms with Crippen molar-refractivity contribution in [3.63, 3.8) is 0 Å². The van der Waals surface area contributed by atoms with E-state index in [1.165, 1.54) is 12.1 Å². The molecule has 0 unspecified atom stereocenters. The van der Waals surface area contributed by atoms with Crippen LogP contribution in [-0.2, 0) is 0 Å². The normalized spacial score (nSPS) is 8.22. The van der Waals surface area contributed by atoms with Crippen LogP contribution in [0, 0.1) is 5.82 Å². The maximum Gasteiger partial charge on any atom is 0.124 e. The highest BCUT2D eigenvalue weighted by Gasteiger charge is 1.86. The second-order valence-corrected chi connectivity index (χ2v) is 1.88. The molecular formula is C6H6ClFS. The standard InChI is InChI=1S/C6H4ClF.H2S/c7-5-2-1-3-6(8)4-5;/h1-4H;1H2. The van der Waals surface area contributed by atoms with Gasteiger partial charge in [-0.1, -0.05) is 17.7 Å². The van der Waals surface area contributed by atoms with Crippen LogP contribution in [0.15, 0.2) is 24.3 Å². The molecule has 0 atom stereocenters. The molecule has 0 amide bonds. The Hall–Kier alpha value is -0.210. The van der Waals surface area contributed by atoms with Gasteiger partial charge in [-0.05, 0) is 18.2 Å². The highest BCUT2D eigenvalue weighted by molar-refractivity contribution is 7.59. The molecule has 0 heterocycles. The monoisotopic (exact) mass is 164 g/mol. The first-order valence-corrected chi connectivity index (χ1v) is 2.58. The minimum absolute atomic E-state index is 0. The minimum atomic E-state index is -0.294. The van der Waals surface area contributed by atoms with Crippen molar-refractivity contribution in [2.24, 2.45) is 0 Å². The van der Waals surface area contributed by atoms with Gasteiger partial charge >= 0.3 is 0 Å². The highest BCUT2D eigenvalue weighted by atomic mass is 35.5. The van der Waals surface area contributed by atoms with Crippen LogP contribution in [-0.4, -0.2) is 0 Å². The number of hydrogen-bond acceptors (Lipinski definition) is 0. The Morgan fingerprint density at radius 3 is 2.33 bits per heavy atom. The molecule has 0 aliphatic heterocycles. The van der Waals surface area contributed by atoms with E-state index in [2.05, 4.69) is 0 Å². The van der Waals surface area contributed by atoms with Crippen LogP contribution in [0.2, 0.25) is 5.02 Å². The lowest BCUT2D eigenvalue weighted by Crippen LogP contribution is -1.68. The van der Waals surface area contributed by atoms with Crippen LogP contribution >= 0.6 is 25.1 Å². The minimum Gasteiger partial charge on any atom is -0.207 e. The average molecular weight is 165 g/mol. The van der Waals surface area contributed by atoms with E-state index in [1.807, 2.05) is 0 Å². The SMILES string of the molecule is Fc1cccc(Cl)c1.S. The average Bonchev–Trinajstić information content (AvgIpc) is 1.64. The molecule has 0 fully saturated rings. The van der Waals surface area contributed by atoms with Gasteiger partial charge in [0.2, 0.25) is 0 Å². The lowest BCUT2D eigenvalue weighted by Gasteiger charge is -1.85. The molecule has 50 valence electrons. The Morgan fingerprint density at radius 2 is 2.00 bits per heavy atom. The summed E-state index contributed by atoms with van der Waals surface area (Å²) in [5.41, 5.74) is 0. The van der Waals surface area contributed by atoms with Crippen molar-refractivity contribution in [1.29, 1.82) is 0 Å². The summed E-state index contributed by atoms with van der Waals surface area (Å²) < 4.78 is 12.1. The van der Waals surface area contributed by atoms with Crippen LogP contribution in [0.5, 0.6) is 0 Å². The number of hydrogen-bond donors (Lipinski definition) is 0. The smallest absolute Gasteiger partial charge is 0.124 e. The van der Waals surface area contributed by atoms with E-state index in [-0.39, 0.29) is 19.3 Å². The summed E-state index contributed by atoms with van der Waals surface area (Å²) in [6.07, 6.45) is 0. The van der Waals surface area contributed by atoms with Gasteiger partial charge in [0.25, 0.3) is 0 Å². The summed E-state index contributed by atoms with van der Waals surface area (Å²) in [5.74, 6) is -0.294. The van der Waals surface area contributed by atoms with Crippen LogP contribution in [0.3, 0.4) is 0 Å². The van der Waals surface area contributed by atoms with Gasteiger partial charge in [0.15, 0.2) is 0 Å². The summed E-state index contributed by atoms with van der Waals surface area (Å²) in [5, 5.41) is 0.435. The molecule has 0 nitrogen and oxygen atoms in total. The first kappa shape index (κ1) is 8.79. The number of halogens is 2. The number of benzene rings is 1. The maximum absolute atomic E-state index is 12.1. The highest BCUT2D eigenvalue weighted by Crippen LogP contribution is 2.07. The fourth-order valence-electron chi connectivity index (χ4n) is 0.460. The Morgan fingerprint density at radius 1 is 1.33 bits per heavy atom. The number of rotatable bonds is 0. The van der Waals surface area contributed by atoms with Gasteiger partial charge in [0.05, 0.1) is 0 Å². The third kappa shape index (κ3) is 2.72. The Bertz CT molecular complexity index is 173. The van der Waals surface area contributed by atoms with E-state index in [0.717, 1.165) is 0 Å². The Kier molecular flexibility index (Phi) is 3.66. The van der Waals surface area contributed by atoms with Gasteiger partial charge in [-0.25, -0.2) is 4.39 Å². The fourth-order valence-corrected chi connectivity index (χ4v) is 0.637. The van der Waals surface area contributed by atoms with Gasteiger partial charge in [0, 0.05) is 5.02 Å². The molecule has 0 saturated heterocycles. The van der Waals surface area contributed by atoms with Gasteiger partial charge < -0.3 is 0 Å². The van der Waals surface area contributed by atoms with Crippen LogP contribution < -0.4 is 0 Å². The third-order valence-electron chi connectivity index (χ3n) is 0.787. The van der Waals surface area contributed by atoms with Crippen molar-refractivity contribution in [3.8, 4) is 0 Å². The van der Waals surface area contributed by atoms with Gasteiger partial charge in [-0.2, -0.15) is 13.5 Å². The van der Waals surface area contributed by atoms with Gasteiger partial charge in [0.1, 0.15) is 5.82 Å². The van der Waals surface area contributed by atoms with Crippen LogP contribution in [0.4, 0.5) is 4.39 Å². The quantitative estimate of drug-likeness (QED) is 0.553. The molecule has 0 N–H and O–H groups in total. The van der Waals surface area contributed by atoms with Crippen molar-refractivity contribution >= 4 is 25.1 Å². The van der Waals surface area contributed by atoms with E-state index >= 15 is 0 Å². The molecule has 3 heteroatoms. The summed E-state index contributed by atoms with van der Waals surface area (Å²) in [6.45, 7) is 0. The summed E-state index contributed by atoms with van der Waals surface area (Å²) in [4.78, 5) is 0. The van der Waals surface area contributed by atoms with E-state index in [9.17, 15) is 4.39 Å². The second kappa shape index (κ2) is 3.75. The first-order chi connectivity index (χ1) is 3.79. The molecule has 0 aliphatic carbocycles. The lowest BCUT2D eigenvalue weighted by molar-refractivity contribution is 0.628. The topological polar surface area (TPSA) is 0 Å². The molecule has 0 aromatic heterocycles. The zero-order valence-electron chi connectivity index (χ0n) is 4.57. The molecule has 0 spiro atoms. The molecule has 1 rings (SSSR count). The molecule has 1 aromatic carbocycles. The summed E-state index contributed by atoms with van der Waals surface area (Å²) >= 11 is 5.40. The second-order valence-electron chi connectivity index (χ2n) is 1.44. The fraction of sp³-hybridized carbons (Fsp3) is 0. The molecule has 0 bridgehead atoms. The molecule has 0 saturated carbocycles. The van der Waals surface area contributed by atoms with E-state index in [4.69, 9.17) is 11.6 Å². The third-order valence-corrected chi connectivity index (χ3v) is 1.02. The Balaban J connectivity index is 0.000000640. The molecule has 0 radical (unpaired) electrons. The van der Waals surface area contributed by atoms with E-state index < -0.39 is 0 Å². The molecular weight excluding hydrogens is 159 g/mol. The van der Waals surface area contributed by atoms with Crippen LogP contribution in [0.1, 0.15) is 0 Å². The van der Waals surface area contributed by atoms with Crippen molar-refractivity contribution in [2.45, 2.75) is 0 Å². The van der Waals surface area contributed by atoms with E-state index in [1.54, 1.807) is 12.1 Å². The van der Waals surface area contributed by atoms with Crippen molar-refractivity contribution in [3.05, 3.63) is 35.1 Å². The van der Waals surface area contributed by atoms with Gasteiger partial charge in [-0.3, -0.25) is 0 Å². The maximum atomic E-state index is 12.1. The largest absolute Gasteiger partial charge is 0.207 e. The zero-order chi connectivity index (χ0) is 5.98. The van der Waals surface area contributed by atoms with Gasteiger partial charge in [-0.15, -0.1) is 0 Å². The van der Waals surface area contributed by atoms with Crippen molar-refractivity contribution < 1.29 is 4.39 Å². The van der Waals surface area contributed by atoms with Crippen LogP contribution in [0.25, 0.3) is 0 Å². The molecule has 0 aliphatic rings. The lowest BCUT2D eigenvalue weighted by atomic mass is 10.4. The van der Waals surface area contributed by atoms with Crippen molar-refractivity contribution in [2.75, 3.05) is 0 Å². The predicted octanol–water partition coefficient (Wildman–Crippen LogP) is 2.59.